The summed E-state index contributed by atoms with van der Waals surface area (Å²) < 4.78 is 0. The van der Waals surface area contributed by atoms with Gasteiger partial charge in [0.25, 0.3) is 0 Å². The van der Waals surface area contributed by atoms with Crippen LogP contribution in [0.25, 0.3) is 0 Å². The van der Waals surface area contributed by atoms with E-state index >= 15 is 0 Å². The molecule has 0 aromatic carbocycles. The minimum atomic E-state index is 0.258. The summed E-state index contributed by atoms with van der Waals surface area (Å²) >= 11 is 0. The number of hydrogen-bond acceptors (Lipinski definition) is 3. The van der Waals surface area contributed by atoms with Crippen LogP contribution in [0.4, 0.5) is 0 Å². The molecular formula is C15H20N2O. The number of carbonyl (C=O) groups is 1. The van der Waals surface area contributed by atoms with Crippen molar-refractivity contribution in [1.82, 2.24) is 10.3 Å². The van der Waals surface area contributed by atoms with Crippen LogP contribution in [0, 0.1) is 12.8 Å². The number of ketones is 1. The van der Waals surface area contributed by atoms with Crippen LogP contribution in [-0.2, 0) is 0 Å². The molecule has 0 radical (unpaired) electrons. The molecule has 1 aromatic heterocycles. The molecule has 2 bridgehead atoms. The summed E-state index contributed by atoms with van der Waals surface area (Å²) in [6.45, 7) is 1.94. The normalized spacial score (nSPS) is 30.4. The zero-order valence-electron chi connectivity index (χ0n) is 10.9. The Hall–Kier alpha value is -1.22. The summed E-state index contributed by atoms with van der Waals surface area (Å²) in [5.74, 6) is 0.825. The van der Waals surface area contributed by atoms with Crippen molar-refractivity contribution in [1.29, 1.82) is 0 Å². The molecule has 2 unspecified atom stereocenters. The first kappa shape index (κ1) is 11.8. The van der Waals surface area contributed by atoms with E-state index in [2.05, 4.69) is 10.3 Å². The molecule has 3 heteroatoms. The van der Waals surface area contributed by atoms with Gasteiger partial charge in [-0.25, -0.2) is 0 Å². The zero-order chi connectivity index (χ0) is 12.5. The van der Waals surface area contributed by atoms with Gasteiger partial charge in [-0.2, -0.15) is 0 Å². The maximum Gasteiger partial charge on any atom is 0.164 e. The van der Waals surface area contributed by atoms with Gasteiger partial charge < -0.3 is 5.32 Å². The van der Waals surface area contributed by atoms with Gasteiger partial charge in [-0.15, -0.1) is 0 Å². The average molecular weight is 244 g/mol. The highest BCUT2D eigenvalue weighted by Gasteiger charge is 2.34. The molecule has 2 aliphatic heterocycles. The van der Waals surface area contributed by atoms with Crippen molar-refractivity contribution in [3.63, 3.8) is 0 Å². The molecule has 1 N–H and O–H groups in total. The zero-order valence-corrected chi connectivity index (χ0v) is 10.9. The molecule has 1 aromatic rings. The van der Waals surface area contributed by atoms with Gasteiger partial charge in [-0.1, -0.05) is 0 Å². The number of fused-ring (bicyclic) bond motifs is 2. The summed E-state index contributed by atoms with van der Waals surface area (Å²) in [6.07, 6.45) is 7.33. The van der Waals surface area contributed by atoms with Gasteiger partial charge in [0.2, 0.25) is 0 Å². The number of nitrogens with zero attached hydrogens (tertiary/aromatic N) is 1. The lowest BCUT2D eigenvalue weighted by Crippen LogP contribution is -2.38. The second kappa shape index (κ2) is 4.81. The SMILES string of the molecule is Cc1ccc(C(=O)CC2CC3CCC(C2)N3)cn1. The molecule has 0 saturated carbocycles. The van der Waals surface area contributed by atoms with Gasteiger partial charge in [-0.05, 0) is 50.7 Å². The lowest BCUT2D eigenvalue weighted by Gasteiger charge is -2.28. The van der Waals surface area contributed by atoms with E-state index in [1.54, 1.807) is 6.20 Å². The van der Waals surface area contributed by atoms with Gasteiger partial charge in [0.15, 0.2) is 5.78 Å². The average Bonchev–Trinajstić information content (AvgIpc) is 2.69. The van der Waals surface area contributed by atoms with Crippen molar-refractivity contribution in [3.05, 3.63) is 29.6 Å². The van der Waals surface area contributed by atoms with Crippen molar-refractivity contribution < 1.29 is 4.79 Å². The van der Waals surface area contributed by atoms with Gasteiger partial charge in [0.1, 0.15) is 0 Å². The van der Waals surface area contributed by atoms with Crippen LogP contribution >= 0.6 is 0 Å². The van der Waals surface area contributed by atoms with Gasteiger partial charge >= 0.3 is 0 Å². The lowest BCUT2D eigenvalue weighted by atomic mass is 9.87. The molecule has 2 atom stereocenters. The van der Waals surface area contributed by atoms with E-state index in [-0.39, 0.29) is 5.78 Å². The number of rotatable bonds is 3. The minimum Gasteiger partial charge on any atom is -0.311 e. The van der Waals surface area contributed by atoms with Crippen molar-refractivity contribution in [2.24, 2.45) is 5.92 Å². The largest absolute Gasteiger partial charge is 0.311 e. The fourth-order valence-electron chi connectivity index (χ4n) is 3.35. The molecular weight excluding hydrogens is 224 g/mol. The van der Waals surface area contributed by atoms with Gasteiger partial charge in [0, 0.05) is 36.0 Å². The van der Waals surface area contributed by atoms with Crippen LogP contribution in [0.5, 0.6) is 0 Å². The third-order valence-corrected chi connectivity index (χ3v) is 4.28. The predicted molar refractivity (Wildman–Crippen MR) is 70.6 cm³/mol. The highest BCUT2D eigenvalue weighted by atomic mass is 16.1. The molecule has 2 fully saturated rings. The second-order valence-corrected chi connectivity index (χ2v) is 5.79. The third-order valence-electron chi connectivity index (χ3n) is 4.28. The molecule has 18 heavy (non-hydrogen) atoms. The summed E-state index contributed by atoms with van der Waals surface area (Å²) in [4.78, 5) is 16.4. The smallest absolute Gasteiger partial charge is 0.164 e. The van der Waals surface area contributed by atoms with Crippen LogP contribution in [0.2, 0.25) is 0 Å². The van der Waals surface area contributed by atoms with E-state index in [1.165, 1.54) is 25.7 Å². The molecule has 0 aliphatic carbocycles. The molecule has 2 aliphatic rings. The molecule has 3 heterocycles. The maximum atomic E-state index is 12.2. The molecule has 0 spiro atoms. The van der Waals surface area contributed by atoms with Gasteiger partial charge in [-0.3, -0.25) is 9.78 Å². The number of Topliss-reactive ketones (excluding diaryl/α,β-unsaturated/α-hetero) is 1. The Balaban J connectivity index is 1.62. The minimum absolute atomic E-state index is 0.258. The summed E-state index contributed by atoms with van der Waals surface area (Å²) in [5.41, 5.74) is 1.73. The van der Waals surface area contributed by atoms with Crippen LogP contribution in [0.3, 0.4) is 0 Å². The molecule has 2 saturated heterocycles. The molecule has 3 nitrogen and oxygen atoms in total. The van der Waals surface area contributed by atoms with E-state index in [0.717, 1.165) is 11.3 Å². The third kappa shape index (κ3) is 2.46. The summed E-state index contributed by atoms with van der Waals surface area (Å²) in [5, 5.41) is 3.62. The highest BCUT2D eigenvalue weighted by Crippen LogP contribution is 2.33. The van der Waals surface area contributed by atoms with Crippen LogP contribution in [-0.4, -0.2) is 22.9 Å². The fourth-order valence-corrected chi connectivity index (χ4v) is 3.35. The van der Waals surface area contributed by atoms with Crippen LogP contribution in [0.15, 0.2) is 18.3 Å². The van der Waals surface area contributed by atoms with Gasteiger partial charge in [0.05, 0.1) is 0 Å². The van der Waals surface area contributed by atoms with E-state index < -0.39 is 0 Å². The van der Waals surface area contributed by atoms with E-state index in [9.17, 15) is 4.79 Å². The standard InChI is InChI=1S/C15H20N2O/c1-10-2-3-12(9-16-10)15(18)8-11-6-13-4-5-14(7-11)17-13/h2-3,9,11,13-14,17H,4-8H2,1H3. The van der Waals surface area contributed by atoms with Crippen molar-refractivity contribution in [2.45, 2.75) is 51.1 Å². The fraction of sp³-hybridized carbons (Fsp3) is 0.600. The topological polar surface area (TPSA) is 42.0 Å². The van der Waals surface area contributed by atoms with Crippen LogP contribution in [0.1, 0.15) is 48.2 Å². The number of nitrogens with one attached hydrogen (secondary N) is 1. The first-order valence-electron chi connectivity index (χ1n) is 6.92. The summed E-state index contributed by atoms with van der Waals surface area (Å²) in [7, 11) is 0. The number of piperidine rings is 1. The Morgan fingerprint density at radius 2 is 2.06 bits per heavy atom. The quantitative estimate of drug-likeness (QED) is 0.831. The number of hydrogen-bond donors (Lipinski definition) is 1. The van der Waals surface area contributed by atoms with Crippen molar-refractivity contribution in [3.8, 4) is 0 Å². The Morgan fingerprint density at radius 1 is 1.33 bits per heavy atom. The Bertz CT molecular complexity index is 428. The Morgan fingerprint density at radius 3 is 2.67 bits per heavy atom. The second-order valence-electron chi connectivity index (χ2n) is 5.79. The number of aromatic nitrogens is 1. The predicted octanol–water partition coefficient (Wildman–Crippen LogP) is 2.49. The lowest BCUT2D eigenvalue weighted by molar-refractivity contribution is 0.0945. The van der Waals surface area contributed by atoms with E-state index in [4.69, 9.17) is 0 Å². The first-order chi connectivity index (χ1) is 8.70. The number of carbonyl (C=O) groups excluding carboxylic acids is 1. The Kier molecular flexibility index (Phi) is 3.16. The first-order valence-corrected chi connectivity index (χ1v) is 6.92. The van der Waals surface area contributed by atoms with E-state index in [1.807, 2.05) is 19.1 Å². The Labute approximate surface area is 108 Å². The monoisotopic (exact) mass is 244 g/mol. The van der Waals surface area contributed by atoms with Crippen LogP contribution < -0.4 is 5.32 Å². The molecule has 0 amide bonds. The maximum absolute atomic E-state index is 12.2. The number of aryl methyl sites for hydroxylation is 1. The highest BCUT2D eigenvalue weighted by molar-refractivity contribution is 5.95. The summed E-state index contributed by atoms with van der Waals surface area (Å²) in [6, 6.07) is 5.15. The van der Waals surface area contributed by atoms with Crippen molar-refractivity contribution >= 4 is 5.78 Å². The molecule has 96 valence electrons. The van der Waals surface area contributed by atoms with Crippen molar-refractivity contribution in [2.75, 3.05) is 0 Å². The number of pyridine rings is 1. The van der Waals surface area contributed by atoms with E-state index in [0.29, 0.717) is 24.4 Å². The molecule has 3 rings (SSSR count).